The highest BCUT2D eigenvalue weighted by molar-refractivity contribution is 5.82. The van der Waals surface area contributed by atoms with Crippen LogP contribution in [-0.4, -0.2) is 35.9 Å². The largest absolute Gasteiger partial charge is 0.369 e. The minimum atomic E-state index is -0.195. The van der Waals surface area contributed by atoms with Gasteiger partial charge in [-0.1, -0.05) is 17.7 Å². The van der Waals surface area contributed by atoms with E-state index in [4.69, 9.17) is 10.7 Å². The van der Waals surface area contributed by atoms with Crippen LogP contribution in [0.5, 0.6) is 0 Å². The molecule has 2 atom stereocenters. The van der Waals surface area contributed by atoms with Crippen molar-refractivity contribution < 1.29 is 4.79 Å². The number of carbonyl (C=O) groups is 1. The topological polar surface area (TPSA) is 112 Å². The van der Waals surface area contributed by atoms with Gasteiger partial charge in [0, 0.05) is 23.4 Å². The van der Waals surface area contributed by atoms with E-state index >= 15 is 0 Å². The Labute approximate surface area is 173 Å². The van der Waals surface area contributed by atoms with Crippen molar-refractivity contribution in [1.29, 1.82) is 0 Å². The Morgan fingerprint density at radius 1 is 1.17 bits per heavy atom. The summed E-state index contributed by atoms with van der Waals surface area (Å²) in [5.74, 6) is 0.890. The molecule has 3 heterocycles. The van der Waals surface area contributed by atoms with E-state index in [1.807, 2.05) is 31.2 Å². The number of aryl methyl sites for hydroxylation is 1. The molecule has 0 saturated heterocycles. The van der Waals surface area contributed by atoms with Gasteiger partial charge < -0.3 is 5.73 Å². The highest BCUT2D eigenvalue weighted by Gasteiger charge is 2.26. The Bertz CT molecular complexity index is 1250. The molecule has 1 amide bonds. The minimum absolute atomic E-state index is 0.0329. The lowest BCUT2D eigenvalue weighted by Gasteiger charge is -2.26. The molecule has 0 spiro atoms. The fourth-order valence-electron chi connectivity index (χ4n) is 4.38. The van der Waals surface area contributed by atoms with Crippen LogP contribution in [-0.2, 0) is 11.2 Å². The van der Waals surface area contributed by atoms with Crippen molar-refractivity contribution in [1.82, 2.24) is 29.9 Å². The van der Waals surface area contributed by atoms with E-state index in [0.29, 0.717) is 17.1 Å². The zero-order chi connectivity index (χ0) is 20.7. The number of carbonyl (C=O) groups excluding carboxylic acids is 1. The molecule has 8 heteroatoms. The molecule has 1 aromatic carbocycles. The minimum Gasteiger partial charge on any atom is -0.369 e. The van der Waals surface area contributed by atoms with Crippen molar-refractivity contribution >= 4 is 28.0 Å². The van der Waals surface area contributed by atoms with Gasteiger partial charge in [-0.2, -0.15) is 4.68 Å². The molecule has 0 bridgehead atoms. The summed E-state index contributed by atoms with van der Waals surface area (Å²) < 4.78 is 1.74. The SMILES string of the molecule is Cc1ccc2cc(-n3nnc4cnc(C[C@@H]5CCC[C@@H](C(N)=O)C5)nc43)ccc2n1. The van der Waals surface area contributed by atoms with Gasteiger partial charge in [0.2, 0.25) is 5.91 Å². The fourth-order valence-corrected chi connectivity index (χ4v) is 4.38. The Hall–Kier alpha value is -3.42. The molecule has 30 heavy (non-hydrogen) atoms. The Kier molecular flexibility index (Phi) is 4.61. The van der Waals surface area contributed by atoms with Crippen LogP contribution in [0.2, 0.25) is 0 Å². The average Bonchev–Trinajstić information content (AvgIpc) is 3.17. The van der Waals surface area contributed by atoms with Crippen molar-refractivity contribution in [3.8, 4) is 5.69 Å². The second-order valence-electron chi connectivity index (χ2n) is 8.16. The van der Waals surface area contributed by atoms with Gasteiger partial charge in [0.25, 0.3) is 0 Å². The zero-order valence-corrected chi connectivity index (χ0v) is 16.8. The summed E-state index contributed by atoms with van der Waals surface area (Å²) in [5, 5.41) is 9.56. The molecule has 1 aliphatic carbocycles. The van der Waals surface area contributed by atoms with Crippen LogP contribution in [0.1, 0.15) is 37.2 Å². The number of fused-ring (bicyclic) bond motifs is 2. The maximum absolute atomic E-state index is 11.6. The molecule has 0 aliphatic heterocycles. The molecule has 4 aromatic rings. The molecule has 3 aromatic heterocycles. The van der Waals surface area contributed by atoms with Crippen LogP contribution in [0.15, 0.2) is 36.5 Å². The summed E-state index contributed by atoms with van der Waals surface area (Å²) in [6.45, 7) is 1.98. The maximum atomic E-state index is 11.6. The van der Waals surface area contributed by atoms with Gasteiger partial charge >= 0.3 is 0 Å². The van der Waals surface area contributed by atoms with Crippen molar-refractivity contribution in [3.63, 3.8) is 0 Å². The Morgan fingerprint density at radius 3 is 2.93 bits per heavy atom. The third-order valence-corrected chi connectivity index (χ3v) is 5.96. The first-order valence-electron chi connectivity index (χ1n) is 10.3. The lowest BCUT2D eigenvalue weighted by molar-refractivity contribution is -0.123. The number of amides is 1. The predicted molar refractivity (Wildman–Crippen MR) is 113 cm³/mol. The molecule has 2 N–H and O–H groups in total. The Morgan fingerprint density at radius 2 is 2.07 bits per heavy atom. The second-order valence-corrected chi connectivity index (χ2v) is 8.16. The molecule has 1 aliphatic rings. The molecule has 1 fully saturated rings. The molecule has 1 saturated carbocycles. The first-order valence-corrected chi connectivity index (χ1v) is 10.3. The van der Waals surface area contributed by atoms with E-state index < -0.39 is 0 Å². The molecule has 0 unspecified atom stereocenters. The first kappa shape index (κ1) is 18.6. The average molecular weight is 401 g/mol. The maximum Gasteiger partial charge on any atom is 0.220 e. The number of aromatic nitrogens is 6. The van der Waals surface area contributed by atoms with E-state index in [-0.39, 0.29) is 11.8 Å². The molecule has 8 nitrogen and oxygen atoms in total. The number of pyridine rings is 1. The lowest BCUT2D eigenvalue weighted by atomic mass is 9.79. The third-order valence-electron chi connectivity index (χ3n) is 5.96. The predicted octanol–water partition coefficient (Wildman–Crippen LogP) is 2.90. The van der Waals surface area contributed by atoms with Crippen LogP contribution in [0.25, 0.3) is 27.8 Å². The van der Waals surface area contributed by atoms with Crippen LogP contribution in [0.3, 0.4) is 0 Å². The second kappa shape index (κ2) is 7.44. The van der Waals surface area contributed by atoms with E-state index in [1.165, 1.54) is 0 Å². The summed E-state index contributed by atoms with van der Waals surface area (Å²) in [7, 11) is 0. The summed E-state index contributed by atoms with van der Waals surface area (Å²) in [4.78, 5) is 25.4. The van der Waals surface area contributed by atoms with Gasteiger partial charge in [0.05, 0.1) is 17.4 Å². The number of nitrogens with zero attached hydrogens (tertiary/aromatic N) is 6. The van der Waals surface area contributed by atoms with Crippen molar-refractivity contribution in [2.75, 3.05) is 0 Å². The van der Waals surface area contributed by atoms with Crippen molar-refractivity contribution in [3.05, 3.63) is 48.0 Å². The normalized spacial score (nSPS) is 19.4. The van der Waals surface area contributed by atoms with Gasteiger partial charge in [0.15, 0.2) is 11.2 Å². The van der Waals surface area contributed by atoms with Gasteiger partial charge in [-0.15, -0.1) is 5.10 Å². The number of nitrogens with two attached hydrogens (primary N) is 1. The van der Waals surface area contributed by atoms with Gasteiger partial charge in [-0.05, 0) is 56.4 Å². The van der Waals surface area contributed by atoms with Gasteiger partial charge in [0.1, 0.15) is 5.82 Å². The number of hydrogen-bond acceptors (Lipinski definition) is 6. The van der Waals surface area contributed by atoms with Crippen LogP contribution >= 0.6 is 0 Å². The summed E-state index contributed by atoms with van der Waals surface area (Å²) in [6.07, 6.45) is 6.24. The summed E-state index contributed by atoms with van der Waals surface area (Å²) >= 11 is 0. The highest BCUT2D eigenvalue weighted by atomic mass is 16.1. The quantitative estimate of drug-likeness (QED) is 0.563. The number of rotatable bonds is 4. The van der Waals surface area contributed by atoms with E-state index in [1.54, 1.807) is 10.9 Å². The zero-order valence-electron chi connectivity index (χ0n) is 16.8. The third kappa shape index (κ3) is 3.49. The number of hydrogen-bond donors (Lipinski definition) is 1. The van der Waals surface area contributed by atoms with E-state index in [0.717, 1.165) is 60.2 Å². The Balaban J connectivity index is 1.46. The van der Waals surface area contributed by atoms with Crippen molar-refractivity contribution in [2.24, 2.45) is 17.6 Å². The molecule has 152 valence electrons. The fraction of sp³-hybridized carbons (Fsp3) is 0.364. The summed E-state index contributed by atoms with van der Waals surface area (Å²) in [5.41, 5.74) is 9.67. The molecule has 5 rings (SSSR count). The van der Waals surface area contributed by atoms with E-state index in [9.17, 15) is 4.79 Å². The molecule has 0 radical (unpaired) electrons. The van der Waals surface area contributed by atoms with Crippen LogP contribution in [0, 0.1) is 18.8 Å². The van der Waals surface area contributed by atoms with Crippen LogP contribution < -0.4 is 5.73 Å². The van der Waals surface area contributed by atoms with Crippen molar-refractivity contribution in [2.45, 2.75) is 39.0 Å². The lowest BCUT2D eigenvalue weighted by Crippen LogP contribution is -2.29. The molecular formula is C22H23N7O. The molecular weight excluding hydrogens is 378 g/mol. The van der Waals surface area contributed by atoms with Gasteiger partial charge in [-0.25, -0.2) is 9.97 Å². The first-order chi connectivity index (χ1) is 14.6. The number of benzene rings is 1. The van der Waals surface area contributed by atoms with Gasteiger partial charge in [-0.3, -0.25) is 9.78 Å². The smallest absolute Gasteiger partial charge is 0.220 e. The van der Waals surface area contributed by atoms with Crippen LogP contribution in [0.4, 0.5) is 0 Å². The summed E-state index contributed by atoms with van der Waals surface area (Å²) in [6, 6.07) is 10.0. The number of primary amides is 1. The standard InChI is InChI=1S/C22H23N7O/c1-13-5-6-15-11-17(7-8-18(15)25-13)29-22-19(27-28-29)12-24-20(26-22)10-14-3-2-4-16(9-14)21(23)30/h5-8,11-12,14,16H,2-4,9-10H2,1H3,(H2,23,30)/t14-,16-/m1/s1. The monoisotopic (exact) mass is 401 g/mol. The highest BCUT2D eigenvalue weighted by Crippen LogP contribution is 2.31. The van der Waals surface area contributed by atoms with E-state index in [2.05, 4.69) is 26.3 Å².